The first-order valence-electron chi connectivity index (χ1n) is 11.2. The van der Waals surface area contributed by atoms with Crippen molar-refractivity contribution in [2.45, 2.75) is 79.9 Å². The minimum absolute atomic E-state index is 0.0344. The molecule has 1 aromatic carbocycles. The molecule has 0 saturated heterocycles. The topological polar surface area (TPSA) is 64.7 Å². The van der Waals surface area contributed by atoms with E-state index in [0.717, 1.165) is 29.8 Å². The maximum atomic E-state index is 13.4. The zero-order chi connectivity index (χ0) is 23.0. The number of urea groups is 1. The summed E-state index contributed by atoms with van der Waals surface area (Å²) in [5, 5.41) is 5.75. The van der Waals surface area contributed by atoms with Crippen molar-refractivity contribution in [3.8, 4) is 0 Å². The van der Waals surface area contributed by atoms with Gasteiger partial charge in [0.25, 0.3) is 0 Å². The van der Waals surface area contributed by atoms with Gasteiger partial charge < -0.3 is 20.4 Å². The van der Waals surface area contributed by atoms with Gasteiger partial charge in [-0.05, 0) is 63.3 Å². The predicted molar refractivity (Wildman–Crippen MR) is 127 cm³/mol. The van der Waals surface area contributed by atoms with Crippen molar-refractivity contribution >= 4 is 23.3 Å². The smallest absolute Gasteiger partial charge is 0.319 e. The Bertz CT molecular complexity index is 696. The predicted octanol–water partition coefficient (Wildman–Crippen LogP) is 5.09. The van der Waals surface area contributed by atoms with Gasteiger partial charge >= 0.3 is 6.03 Å². The van der Waals surface area contributed by atoms with Crippen LogP contribution in [0.15, 0.2) is 18.2 Å². The Kier molecular flexibility index (Phi) is 10.2. The highest BCUT2D eigenvalue weighted by atomic mass is 16.2. The third kappa shape index (κ3) is 7.22. The quantitative estimate of drug-likeness (QED) is 0.556. The van der Waals surface area contributed by atoms with Gasteiger partial charge in [-0.25, -0.2) is 4.79 Å². The number of anilines is 2. The Balaban J connectivity index is 3.29. The van der Waals surface area contributed by atoms with Crippen molar-refractivity contribution in [3.63, 3.8) is 0 Å². The number of nitrogens with zero attached hydrogens (tertiary/aromatic N) is 2. The number of carbonyl (C=O) groups is 2. The van der Waals surface area contributed by atoms with Crippen LogP contribution in [-0.4, -0.2) is 43.0 Å². The van der Waals surface area contributed by atoms with Crippen LogP contribution in [-0.2, 0) is 11.3 Å². The van der Waals surface area contributed by atoms with E-state index in [2.05, 4.69) is 45.3 Å². The molecule has 0 radical (unpaired) electrons. The zero-order valence-corrected chi connectivity index (χ0v) is 20.4. The molecule has 0 heterocycles. The monoisotopic (exact) mass is 418 g/mol. The van der Waals surface area contributed by atoms with Crippen LogP contribution < -0.4 is 15.5 Å². The van der Waals surface area contributed by atoms with E-state index in [-0.39, 0.29) is 29.9 Å². The van der Waals surface area contributed by atoms with Crippen LogP contribution in [0.4, 0.5) is 16.2 Å². The SMILES string of the molecule is CCC(CC)C(=O)N(Cc1cc(NC(=O)NC(C)C)ccc1N(C)C)[C@@H](C)C(C)C. The molecule has 1 rings (SSSR count). The average molecular weight is 419 g/mol. The zero-order valence-electron chi connectivity index (χ0n) is 20.4. The molecule has 0 fully saturated rings. The molecule has 1 aromatic rings. The molecule has 6 nitrogen and oxygen atoms in total. The highest BCUT2D eigenvalue weighted by Gasteiger charge is 2.28. The summed E-state index contributed by atoms with van der Waals surface area (Å²) in [5.41, 5.74) is 2.79. The van der Waals surface area contributed by atoms with E-state index >= 15 is 0 Å². The van der Waals surface area contributed by atoms with Crippen LogP contribution in [0.5, 0.6) is 0 Å². The van der Waals surface area contributed by atoms with E-state index < -0.39 is 0 Å². The standard InChI is InChI=1S/C24H42N4O2/c1-10-19(11-2)23(29)28(18(7)16(3)4)15-20-14-21(12-13-22(20)27(8)9)26-24(30)25-17(5)6/h12-14,16-19H,10-11,15H2,1-9H3,(H2,25,26,30)/t18-/m0/s1. The van der Waals surface area contributed by atoms with Crippen molar-refractivity contribution in [1.29, 1.82) is 0 Å². The summed E-state index contributed by atoms with van der Waals surface area (Å²) in [4.78, 5) is 29.6. The van der Waals surface area contributed by atoms with Crippen LogP contribution in [0.2, 0.25) is 0 Å². The number of hydrogen-bond donors (Lipinski definition) is 2. The van der Waals surface area contributed by atoms with Crippen LogP contribution >= 0.6 is 0 Å². The fourth-order valence-corrected chi connectivity index (χ4v) is 3.49. The molecule has 0 aliphatic carbocycles. The molecule has 2 N–H and O–H groups in total. The Morgan fingerprint density at radius 3 is 2.07 bits per heavy atom. The Hall–Kier alpha value is -2.24. The molecule has 6 heteroatoms. The fourth-order valence-electron chi connectivity index (χ4n) is 3.49. The van der Waals surface area contributed by atoms with E-state index in [1.54, 1.807) is 0 Å². The lowest BCUT2D eigenvalue weighted by molar-refractivity contribution is -0.139. The molecule has 0 aromatic heterocycles. The molecular formula is C24H42N4O2. The lowest BCUT2D eigenvalue weighted by Gasteiger charge is -2.35. The van der Waals surface area contributed by atoms with Crippen LogP contribution in [0.1, 0.15) is 66.9 Å². The van der Waals surface area contributed by atoms with Gasteiger partial charge in [0.05, 0.1) is 0 Å². The van der Waals surface area contributed by atoms with Crippen molar-refractivity contribution < 1.29 is 9.59 Å². The Morgan fingerprint density at radius 2 is 1.60 bits per heavy atom. The lowest BCUT2D eigenvalue weighted by Crippen LogP contribution is -2.44. The van der Waals surface area contributed by atoms with Crippen molar-refractivity contribution in [2.24, 2.45) is 11.8 Å². The van der Waals surface area contributed by atoms with Crippen LogP contribution in [0.3, 0.4) is 0 Å². The number of carbonyl (C=O) groups excluding carboxylic acids is 2. The first-order valence-corrected chi connectivity index (χ1v) is 11.2. The minimum Gasteiger partial charge on any atom is -0.377 e. The highest BCUT2D eigenvalue weighted by molar-refractivity contribution is 5.90. The first-order chi connectivity index (χ1) is 14.0. The summed E-state index contributed by atoms with van der Waals surface area (Å²) in [6, 6.07) is 5.83. The summed E-state index contributed by atoms with van der Waals surface area (Å²) in [5.74, 6) is 0.596. The third-order valence-electron chi connectivity index (χ3n) is 5.65. The van der Waals surface area contributed by atoms with E-state index in [1.165, 1.54) is 0 Å². The fraction of sp³-hybridized carbons (Fsp3) is 0.667. The second kappa shape index (κ2) is 11.8. The van der Waals surface area contributed by atoms with Gasteiger partial charge in [-0.15, -0.1) is 0 Å². The van der Waals surface area contributed by atoms with E-state index in [9.17, 15) is 9.59 Å². The van der Waals surface area contributed by atoms with Crippen molar-refractivity contribution in [2.75, 3.05) is 24.3 Å². The van der Waals surface area contributed by atoms with Gasteiger partial charge in [-0.2, -0.15) is 0 Å². The molecule has 3 amide bonds. The minimum atomic E-state index is -0.228. The second-order valence-corrected chi connectivity index (χ2v) is 8.96. The van der Waals surface area contributed by atoms with Gasteiger partial charge in [-0.3, -0.25) is 4.79 Å². The van der Waals surface area contributed by atoms with Crippen LogP contribution in [0.25, 0.3) is 0 Å². The lowest BCUT2D eigenvalue weighted by atomic mass is 9.97. The normalized spacial score (nSPS) is 12.3. The summed E-state index contributed by atoms with van der Waals surface area (Å²) in [7, 11) is 3.99. The molecule has 30 heavy (non-hydrogen) atoms. The molecule has 0 spiro atoms. The van der Waals surface area contributed by atoms with Gasteiger partial charge in [0.2, 0.25) is 5.91 Å². The Morgan fingerprint density at radius 1 is 1.00 bits per heavy atom. The Labute approximate surface area is 183 Å². The van der Waals surface area contributed by atoms with Crippen molar-refractivity contribution in [3.05, 3.63) is 23.8 Å². The molecule has 0 aliphatic rings. The van der Waals surface area contributed by atoms with Gasteiger partial charge in [0.15, 0.2) is 0 Å². The van der Waals surface area contributed by atoms with E-state index in [0.29, 0.717) is 12.5 Å². The number of benzene rings is 1. The molecule has 1 atom stereocenters. The number of nitrogens with one attached hydrogen (secondary N) is 2. The number of hydrogen-bond acceptors (Lipinski definition) is 3. The van der Waals surface area contributed by atoms with Gasteiger partial charge in [-0.1, -0.05) is 27.7 Å². The maximum Gasteiger partial charge on any atom is 0.319 e. The van der Waals surface area contributed by atoms with E-state index in [1.807, 2.05) is 55.9 Å². The first kappa shape index (κ1) is 25.8. The average Bonchev–Trinajstić information content (AvgIpc) is 2.65. The maximum absolute atomic E-state index is 13.4. The van der Waals surface area contributed by atoms with Crippen LogP contribution in [0, 0.1) is 11.8 Å². The summed E-state index contributed by atoms with van der Waals surface area (Å²) in [6.45, 7) is 14.9. The van der Waals surface area contributed by atoms with Gasteiger partial charge in [0, 0.05) is 50.0 Å². The summed E-state index contributed by atoms with van der Waals surface area (Å²) in [6.07, 6.45) is 1.68. The van der Waals surface area contributed by atoms with E-state index in [4.69, 9.17) is 0 Å². The molecule has 0 aliphatic heterocycles. The van der Waals surface area contributed by atoms with Crippen molar-refractivity contribution in [1.82, 2.24) is 10.2 Å². The highest BCUT2D eigenvalue weighted by Crippen LogP contribution is 2.28. The summed E-state index contributed by atoms with van der Waals surface area (Å²) >= 11 is 0. The largest absolute Gasteiger partial charge is 0.377 e. The number of amides is 3. The third-order valence-corrected chi connectivity index (χ3v) is 5.65. The molecular weight excluding hydrogens is 376 g/mol. The molecule has 0 unspecified atom stereocenters. The van der Waals surface area contributed by atoms with Gasteiger partial charge in [0.1, 0.15) is 0 Å². The summed E-state index contributed by atoms with van der Waals surface area (Å²) < 4.78 is 0. The molecule has 170 valence electrons. The molecule has 0 saturated carbocycles. The molecule has 0 bridgehead atoms. The number of rotatable bonds is 10. The second-order valence-electron chi connectivity index (χ2n) is 8.96.